The van der Waals surface area contributed by atoms with Crippen molar-refractivity contribution in [3.05, 3.63) is 29.8 Å². The zero-order valence-corrected chi connectivity index (χ0v) is 24.9. The number of ether oxygens (including phenoxy) is 3. The van der Waals surface area contributed by atoms with Crippen molar-refractivity contribution in [3.63, 3.8) is 0 Å². The molecule has 0 aliphatic carbocycles. The average molecular weight is 509 g/mol. The molecule has 3 rings (SSSR count). The molecule has 2 aliphatic rings. The average Bonchev–Trinajstić information content (AvgIpc) is 3.20. The fraction of sp³-hybridized carbons (Fsp3) is 0.731. The molecule has 2 fully saturated rings. The van der Waals surface area contributed by atoms with Crippen molar-refractivity contribution < 1.29 is 27.9 Å². The van der Waals surface area contributed by atoms with Crippen LogP contribution in [-0.2, 0) is 23.1 Å². The maximum atomic E-state index is 13.2. The van der Waals surface area contributed by atoms with Crippen LogP contribution >= 0.6 is 0 Å². The molecule has 0 unspecified atom stereocenters. The summed E-state index contributed by atoms with van der Waals surface area (Å²) in [4.78, 5) is 13.2. The third-order valence-corrected chi connectivity index (χ3v) is 17.4. The first-order valence-corrected chi connectivity index (χ1v) is 18.1. The van der Waals surface area contributed by atoms with Crippen molar-refractivity contribution in [3.8, 4) is 5.75 Å². The molecule has 0 N–H and O–H groups in total. The third kappa shape index (κ3) is 4.89. The van der Waals surface area contributed by atoms with Gasteiger partial charge in [0, 0.05) is 0 Å². The monoisotopic (exact) mass is 508 g/mol. The Labute approximate surface area is 207 Å². The number of rotatable bonds is 6. The van der Waals surface area contributed by atoms with Crippen LogP contribution in [0, 0.1) is 0 Å². The van der Waals surface area contributed by atoms with Gasteiger partial charge in [-0.2, -0.15) is 0 Å². The second-order valence-corrected chi connectivity index (χ2v) is 22.3. The molecular weight excluding hydrogens is 464 g/mol. The molecule has 1 aromatic carbocycles. The number of benzene rings is 1. The van der Waals surface area contributed by atoms with Crippen LogP contribution in [0.5, 0.6) is 5.75 Å². The lowest BCUT2D eigenvalue weighted by molar-refractivity contribution is -0.139. The van der Waals surface area contributed by atoms with Crippen molar-refractivity contribution in [2.24, 2.45) is 0 Å². The van der Waals surface area contributed by atoms with E-state index < -0.39 is 34.3 Å². The molecule has 1 spiro atoms. The van der Waals surface area contributed by atoms with Gasteiger partial charge in [-0.15, -0.1) is 0 Å². The Morgan fingerprint density at radius 3 is 2.12 bits per heavy atom. The standard InChI is InChI=1S/C26H44O6Si2/c1-24(2,3)33(8,9)31-20-16-30-26(22(20)32-34(10,11)25(4,5)6)17-29-23(27)21(26)18-13-12-14-19(15-18)28-7/h12-15,20-22H,16-17H2,1-11H3/t20-,21-,22+,26+/m1/s1. The SMILES string of the molecule is COc1cccc([C@@H]2C(=O)OC[C@]23OC[C@@H](O[Si](C)(C)C(C)(C)C)[C@@H]3O[Si](C)(C)C(C)(C)C)c1. The first-order chi connectivity index (χ1) is 15.5. The van der Waals surface area contributed by atoms with E-state index in [9.17, 15) is 4.79 Å². The summed E-state index contributed by atoms with van der Waals surface area (Å²) in [6.45, 7) is 22.9. The molecule has 0 aromatic heterocycles. The van der Waals surface area contributed by atoms with E-state index in [4.69, 9.17) is 23.1 Å². The molecule has 0 amide bonds. The number of hydrogen-bond donors (Lipinski definition) is 0. The van der Waals surface area contributed by atoms with Gasteiger partial charge in [-0.05, 0) is 54.0 Å². The van der Waals surface area contributed by atoms with Crippen LogP contribution in [0.15, 0.2) is 24.3 Å². The van der Waals surface area contributed by atoms with E-state index in [1.54, 1.807) is 7.11 Å². The topological polar surface area (TPSA) is 63.2 Å². The van der Waals surface area contributed by atoms with Crippen molar-refractivity contribution in [2.75, 3.05) is 20.3 Å². The minimum Gasteiger partial charge on any atom is -0.497 e. The predicted molar refractivity (Wildman–Crippen MR) is 140 cm³/mol. The van der Waals surface area contributed by atoms with Crippen LogP contribution in [0.25, 0.3) is 0 Å². The molecule has 34 heavy (non-hydrogen) atoms. The van der Waals surface area contributed by atoms with Gasteiger partial charge in [0.2, 0.25) is 0 Å². The lowest BCUT2D eigenvalue weighted by atomic mass is 9.80. The van der Waals surface area contributed by atoms with Crippen molar-refractivity contribution in [2.45, 2.75) is 102 Å². The van der Waals surface area contributed by atoms with Gasteiger partial charge in [-0.25, -0.2) is 0 Å². The smallest absolute Gasteiger partial charge is 0.316 e. The Hall–Kier alpha value is -1.20. The molecular formula is C26H44O6Si2. The molecule has 8 heteroatoms. The van der Waals surface area contributed by atoms with Crippen molar-refractivity contribution in [1.82, 2.24) is 0 Å². The molecule has 6 nitrogen and oxygen atoms in total. The molecule has 2 saturated heterocycles. The first-order valence-electron chi connectivity index (χ1n) is 12.3. The number of cyclic esters (lactones) is 1. The van der Waals surface area contributed by atoms with Crippen LogP contribution in [0.4, 0.5) is 0 Å². The summed E-state index contributed by atoms with van der Waals surface area (Å²) in [5.74, 6) is -0.197. The summed E-state index contributed by atoms with van der Waals surface area (Å²) < 4.78 is 31.7. The third-order valence-electron chi connectivity index (χ3n) is 8.41. The van der Waals surface area contributed by atoms with E-state index in [1.165, 1.54) is 0 Å². The number of carbonyl (C=O) groups excluding carboxylic acids is 1. The highest BCUT2D eigenvalue weighted by molar-refractivity contribution is 6.74. The van der Waals surface area contributed by atoms with E-state index in [1.807, 2.05) is 24.3 Å². The highest BCUT2D eigenvalue weighted by Crippen LogP contribution is 2.51. The molecule has 2 aliphatic heterocycles. The largest absolute Gasteiger partial charge is 0.497 e. The van der Waals surface area contributed by atoms with E-state index in [0.717, 1.165) is 5.56 Å². The maximum absolute atomic E-state index is 13.2. The van der Waals surface area contributed by atoms with Gasteiger partial charge < -0.3 is 23.1 Å². The minimum atomic E-state index is -2.23. The van der Waals surface area contributed by atoms with Gasteiger partial charge >= 0.3 is 5.97 Å². The zero-order chi connectivity index (χ0) is 25.7. The second kappa shape index (κ2) is 9.03. The molecule has 4 atom stereocenters. The molecule has 0 saturated carbocycles. The molecule has 1 aromatic rings. The second-order valence-electron chi connectivity index (χ2n) is 12.8. The van der Waals surface area contributed by atoms with Gasteiger partial charge in [0.05, 0.1) is 19.8 Å². The number of esters is 1. The Morgan fingerprint density at radius 2 is 1.56 bits per heavy atom. The van der Waals surface area contributed by atoms with E-state index in [0.29, 0.717) is 12.4 Å². The van der Waals surface area contributed by atoms with Crippen molar-refractivity contribution >= 4 is 22.6 Å². The quantitative estimate of drug-likeness (QED) is 0.353. The highest BCUT2D eigenvalue weighted by Gasteiger charge is 2.65. The fourth-order valence-corrected chi connectivity index (χ4v) is 6.84. The van der Waals surface area contributed by atoms with Crippen LogP contribution < -0.4 is 4.74 Å². The summed E-state index contributed by atoms with van der Waals surface area (Å²) in [6, 6.07) is 7.61. The Morgan fingerprint density at radius 1 is 0.971 bits per heavy atom. The number of carbonyl (C=O) groups is 1. The molecule has 192 valence electrons. The van der Waals surface area contributed by atoms with Gasteiger partial charge in [-0.1, -0.05) is 53.7 Å². The van der Waals surface area contributed by atoms with Gasteiger partial charge in [0.15, 0.2) is 16.6 Å². The molecule has 0 radical (unpaired) electrons. The summed E-state index contributed by atoms with van der Waals surface area (Å²) in [5.41, 5.74) is -0.120. The van der Waals surface area contributed by atoms with Crippen LogP contribution in [0.2, 0.25) is 36.3 Å². The Balaban J connectivity index is 2.08. The Bertz CT molecular complexity index is 901. The van der Waals surface area contributed by atoms with Crippen LogP contribution in [0.1, 0.15) is 53.0 Å². The summed E-state index contributed by atoms with van der Waals surface area (Å²) >= 11 is 0. The fourth-order valence-electron chi connectivity index (χ4n) is 4.20. The number of methoxy groups -OCH3 is 1. The van der Waals surface area contributed by atoms with Gasteiger partial charge in [-0.3, -0.25) is 4.79 Å². The molecule has 0 bridgehead atoms. The van der Waals surface area contributed by atoms with Crippen LogP contribution in [-0.4, -0.2) is 60.7 Å². The summed E-state index contributed by atoms with van der Waals surface area (Å²) in [7, 11) is -2.73. The number of hydrogen-bond acceptors (Lipinski definition) is 6. The van der Waals surface area contributed by atoms with E-state index >= 15 is 0 Å². The van der Waals surface area contributed by atoms with Gasteiger partial charge in [0.25, 0.3) is 0 Å². The van der Waals surface area contributed by atoms with E-state index in [2.05, 4.69) is 67.7 Å². The highest BCUT2D eigenvalue weighted by atomic mass is 28.4. The zero-order valence-electron chi connectivity index (χ0n) is 22.9. The lowest BCUT2D eigenvalue weighted by Gasteiger charge is -2.45. The lowest BCUT2D eigenvalue weighted by Crippen LogP contribution is -2.58. The van der Waals surface area contributed by atoms with Crippen LogP contribution in [0.3, 0.4) is 0 Å². The summed E-state index contributed by atoms with van der Waals surface area (Å²) in [5, 5.41) is 0.0334. The minimum absolute atomic E-state index is 0.00671. The normalized spacial score (nSPS) is 28.4. The van der Waals surface area contributed by atoms with Crippen molar-refractivity contribution in [1.29, 1.82) is 0 Å². The predicted octanol–water partition coefficient (Wildman–Crippen LogP) is 5.89. The molecule has 2 heterocycles. The maximum Gasteiger partial charge on any atom is 0.316 e. The summed E-state index contributed by atoms with van der Waals surface area (Å²) in [6.07, 6.45) is -0.678. The first kappa shape index (κ1) is 27.4. The Kier molecular flexibility index (Phi) is 7.28. The van der Waals surface area contributed by atoms with E-state index in [-0.39, 0.29) is 28.8 Å². The van der Waals surface area contributed by atoms with Gasteiger partial charge in [0.1, 0.15) is 30.0 Å².